The molecule has 0 bridgehead atoms. The maximum absolute atomic E-state index is 11.2. The van der Waals surface area contributed by atoms with Crippen molar-refractivity contribution in [1.82, 2.24) is 15.5 Å². The van der Waals surface area contributed by atoms with Crippen molar-refractivity contribution in [3.8, 4) is 0 Å². The zero-order chi connectivity index (χ0) is 12.8. The summed E-state index contributed by atoms with van der Waals surface area (Å²) in [5, 5.41) is 15.8. The third-order valence-corrected chi connectivity index (χ3v) is 2.54. The van der Waals surface area contributed by atoms with Crippen molar-refractivity contribution in [2.24, 2.45) is 0 Å². The van der Waals surface area contributed by atoms with Crippen LogP contribution in [0.3, 0.4) is 0 Å². The molecular formula is C12H13N3O3. The van der Waals surface area contributed by atoms with Gasteiger partial charge in [-0.25, -0.2) is 0 Å². The van der Waals surface area contributed by atoms with Gasteiger partial charge in [-0.1, -0.05) is 35.5 Å². The summed E-state index contributed by atoms with van der Waals surface area (Å²) >= 11 is 0. The number of nitrogens with one attached hydrogen (secondary N) is 1. The van der Waals surface area contributed by atoms with Crippen LogP contribution in [0, 0.1) is 0 Å². The smallest absolute Gasteiger partial charge is 0.312 e. The number of benzene rings is 1. The molecule has 94 valence electrons. The van der Waals surface area contributed by atoms with Crippen molar-refractivity contribution >= 4 is 5.97 Å². The third-order valence-electron chi connectivity index (χ3n) is 2.54. The molecule has 0 aliphatic carbocycles. The van der Waals surface area contributed by atoms with Crippen molar-refractivity contribution in [1.29, 1.82) is 0 Å². The standard InChI is InChI=1S/C12H13N3O3/c16-12(17)10(9-4-2-1-3-5-9)6-13-7-11-14-8-18-15-11/h1-5,8,10,13H,6-7H2,(H,16,17). The van der Waals surface area contributed by atoms with Gasteiger partial charge in [0.1, 0.15) is 0 Å². The van der Waals surface area contributed by atoms with Gasteiger partial charge in [-0.15, -0.1) is 0 Å². The molecule has 0 amide bonds. The summed E-state index contributed by atoms with van der Waals surface area (Å²) in [6.07, 6.45) is 1.24. The predicted octanol–water partition coefficient (Wildman–Crippen LogP) is 1.03. The highest BCUT2D eigenvalue weighted by atomic mass is 16.5. The molecule has 6 nitrogen and oxygen atoms in total. The van der Waals surface area contributed by atoms with E-state index in [4.69, 9.17) is 0 Å². The Kier molecular flexibility index (Phi) is 4.03. The lowest BCUT2D eigenvalue weighted by Crippen LogP contribution is -2.26. The minimum Gasteiger partial charge on any atom is -0.481 e. The van der Waals surface area contributed by atoms with Gasteiger partial charge < -0.3 is 14.9 Å². The van der Waals surface area contributed by atoms with Gasteiger partial charge >= 0.3 is 5.97 Å². The number of carboxylic acids is 1. The van der Waals surface area contributed by atoms with Gasteiger partial charge in [0.15, 0.2) is 5.82 Å². The molecule has 1 aromatic carbocycles. The van der Waals surface area contributed by atoms with Gasteiger partial charge in [0.2, 0.25) is 6.39 Å². The Morgan fingerprint density at radius 1 is 1.39 bits per heavy atom. The monoisotopic (exact) mass is 247 g/mol. The lowest BCUT2D eigenvalue weighted by molar-refractivity contribution is -0.138. The molecule has 2 aromatic rings. The zero-order valence-corrected chi connectivity index (χ0v) is 9.61. The molecule has 1 aromatic heterocycles. The molecule has 0 radical (unpaired) electrons. The lowest BCUT2D eigenvalue weighted by Gasteiger charge is -2.12. The van der Waals surface area contributed by atoms with Crippen LogP contribution in [0.1, 0.15) is 17.3 Å². The van der Waals surface area contributed by atoms with Crippen LogP contribution in [0.15, 0.2) is 41.2 Å². The van der Waals surface area contributed by atoms with Crippen molar-refractivity contribution in [2.45, 2.75) is 12.5 Å². The summed E-state index contributed by atoms with van der Waals surface area (Å²) in [5.41, 5.74) is 0.769. The number of nitrogens with zero attached hydrogens (tertiary/aromatic N) is 2. The zero-order valence-electron chi connectivity index (χ0n) is 9.61. The molecule has 1 atom stereocenters. The second-order valence-corrected chi connectivity index (χ2v) is 3.78. The first-order valence-electron chi connectivity index (χ1n) is 5.51. The second kappa shape index (κ2) is 5.92. The van der Waals surface area contributed by atoms with E-state index in [-0.39, 0.29) is 0 Å². The molecule has 1 heterocycles. The fraction of sp³-hybridized carbons (Fsp3) is 0.250. The highest BCUT2D eigenvalue weighted by Crippen LogP contribution is 2.14. The van der Waals surface area contributed by atoms with Crippen molar-refractivity contribution in [3.63, 3.8) is 0 Å². The van der Waals surface area contributed by atoms with Crippen LogP contribution in [-0.2, 0) is 11.3 Å². The average molecular weight is 247 g/mol. The Balaban J connectivity index is 1.93. The molecule has 0 saturated heterocycles. The fourth-order valence-electron chi connectivity index (χ4n) is 1.63. The van der Waals surface area contributed by atoms with Crippen LogP contribution in [0.4, 0.5) is 0 Å². The van der Waals surface area contributed by atoms with Gasteiger partial charge in [0, 0.05) is 6.54 Å². The minimum atomic E-state index is -0.859. The first kappa shape index (κ1) is 12.3. The van der Waals surface area contributed by atoms with Crippen LogP contribution in [0.5, 0.6) is 0 Å². The van der Waals surface area contributed by atoms with E-state index in [1.54, 1.807) is 12.1 Å². The molecule has 1 unspecified atom stereocenters. The Labute approximate surface area is 104 Å². The second-order valence-electron chi connectivity index (χ2n) is 3.78. The van der Waals surface area contributed by atoms with Crippen LogP contribution >= 0.6 is 0 Å². The van der Waals surface area contributed by atoms with E-state index < -0.39 is 11.9 Å². The first-order chi connectivity index (χ1) is 8.77. The van der Waals surface area contributed by atoms with E-state index in [1.807, 2.05) is 18.2 Å². The summed E-state index contributed by atoms with van der Waals surface area (Å²) in [7, 11) is 0. The molecule has 2 rings (SSSR count). The first-order valence-corrected chi connectivity index (χ1v) is 5.51. The number of rotatable bonds is 6. The fourth-order valence-corrected chi connectivity index (χ4v) is 1.63. The van der Waals surface area contributed by atoms with Gasteiger partial charge in [-0.05, 0) is 5.56 Å². The number of aromatic nitrogens is 2. The number of hydrogen-bond donors (Lipinski definition) is 2. The topological polar surface area (TPSA) is 88.2 Å². The summed E-state index contributed by atoms with van der Waals surface area (Å²) in [5.74, 6) is -0.938. The third kappa shape index (κ3) is 3.14. The molecule has 0 saturated carbocycles. The van der Waals surface area contributed by atoms with E-state index in [2.05, 4.69) is 20.0 Å². The molecule has 0 aliphatic rings. The van der Waals surface area contributed by atoms with E-state index in [1.165, 1.54) is 6.39 Å². The van der Waals surface area contributed by atoms with Gasteiger partial charge in [-0.3, -0.25) is 4.79 Å². The Morgan fingerprint density at radius 3 is 2.78 bits per heavy atom. The quantitative estimate of drug-likeness (QED) is 0.792. The van der Waals surface area contributed by atoms with E-state index in [0.717, 1.165) is 5.56 Å². The van der Waals surface area contributed by atoms with E-state index >= 15 is 0 Å². The normalized spacial score (nSPS) is 12.2. The van der Waals surface area contributed by atoms with Crippen molar-refractivity contribution in [3.05, 3.63) is 48.1 Å². The largest absolute Gasteiger partial charge is 0.481 e. The van der Waals surface area contributed by atoms with Crippen LogP contribution < -0.4 is 5.32 Å². The SMILES string of the molecule is O=C(O)C(CNCc1ncon1)c1ccccc1. The minimum absolute atomic E-state index is 0.313. The van der Waals surface area contributed by atoms with Gasteiger partial charge in [0.25, 0.3) is 0 Å². The van der Waals surface area contributed by atoms with Crippen molar-refractivity contribution < 1.29 is 14.4 Å². The van der Waals surface area contributed by atoms with E-state index in [9.17, 15) is 9.90 Å². The van der Waals surface area contributed by atoms with Crippen molar-refractivity contribution in [2.75, 3.05) is 6.54 Å². The lowest BCUT2D eigenvalue weighted by atomic mass is 9.99. The molecule has 6 heteroatoms. The highest BCUT2D eigenvalue weighted by Gasteiger charge is 2.19. The summed E-state index contributed by atoms with van der Waals surface area (Å²) in [4.78, 5) is 15.0. The van der Waals surface area contributed by atoms with Gasteiger partial charge in [0.05, 0.1) is 12.5 Å². The molecule has 0 spiro atoms. The Morgan fingerprint density at radius 2 is 2.17 bits per heavy atom. The number of carbonyl (C=O) groups is 1. The predicted molar refractivity (Wildman–Crippen MR) is 62.8 cm³/mol. The Bertz CT molecular complexity index is 485. The summed E-state index contributed by atoms with van der Waals surface area (Å²) < 4.78 is 4.59. The van der Waals surface area contributed by atoms with E-state index in [0.29, 0.717) is 18.9 Å². The van der Waals surface area contributed by atoms with Crippen LogP contribution in [-0.4, -0.2) is 27.8 Å². The maximum Gasteiger partial charge on any atom is 0.312 e. The number of hydrogen-bond acceptors (Lipinski definition) is 5. The molecule has 0 fully saturated rings. The summed E-state index contributed by atoms with van der Waals surface area (Å²) in [6.45, 7) is 0.695. The van der Waals surface area contributed by atoms with Crippen LogP contribution in [0.25, 0.3) is 0 Å². The number of aliphatic carboxylic acids is 1. The average Bonchev–Trinajstić information content (AvgIpc) is 2.88. The molecule has 0 aliphatic heterocycles. The maximum atomic E-state index is 11.2. The highest BCUT2D eigenvalue weighted by molar-refractivity contribution is 5.76. The Hall–Kier alpha value is -2.21. The number of carboxylic acid groups (broad SMARTS) is 1. The molecule has 2 N–H and O–H groups in total. The molecule has 18 heavy (non-hydrogen) atoms. The van der Waals surface area contributed by atoms with Gasteiger partial charge in [-0.2, -0.15) is 4.98 Å². The summed E-state index contributed by atoms with van der Waals surface area (Å²) in [6, 6.07) is 9.10. The molecular weight excluding hydrogens is 234 g/mol. The van der Waals surface area contributed by atoms with Crippen LogP contribution in [0.2, 0.25) is 0 Å².